The zero-order valence-corrected chi connectivity index (χ0v) is 15.3. The van der Waals surface area contributed by atoms with Crippen LogP contribution in [0.5, 0.6) is 0 Å². The van der Waals surface area contributed by atoms with Crippen LogP contribution in [-0.4, -0.2) is 41.8 Å². The molecule has 0 atom stereocenters. The molecule has 0 aliphatic rings. The van der Waals surface area contributed by atoms with Crippen LogP contribution in [0.25, 0.3) is 5.52 Å². The van der Waals surface area contributed by atoms with Crippen molar-refractivity contribution in [3.05, 3.63) is 72.8 Å². The van der Waals surface area contributed by atoms with Gasteiger partial charge in [-0.2, -0.15) is 0 Å². The second-order valence-corrected chi connectivity index (χ2v) is 6.13. The van der Waals surface area contributed by atoms with Gasteiger partial charge in [-0.3, -0.25) is 14.0 Å². The van der Waals surface area contributed by atoms with E-state index in [1.54, 1.807) is 34.9 Å². The van der Waals surface area contributed by atoms with Gasteiger partial charge >= 0.3 is 0 Å². The van der Waals surface area contributed by atoms with Gasteiger partial charge in [0.1, 0.15) is 0 Å². The number of aromatic nitrogens is 2. The summed E-state index contributed by atoms with van der Waals surface area (Å²) < 4.78 is 1.60. The Morgan fingerprint density at radius 1 is 1.15 bits per heavy atom. The number of hydrogen-bond acceptors (Lipinski definition) is 4. The van der Waals surface area contributed by atoms with E-state index in [4.69, 9.17) is 0 Å². The minimum Gasteiger partial charge on any atom is -0.378 e. The standard InChI is InChI=1S/C20H21N5O2/c1-4-12-21-20(27)18-23-17(16-7-5-6-13-25(16)18)19(26)22-14-8-10-15(11-9-14)24(2)3/h4-11,13H,1,12H2,2-3H3,(H,21,27)(H,22,26). The molecule has 0 saturated heterocycles. The predicted molar refractivity (Wildman–Crippen MR) is 106 cm³/mol. The van der Waals surface area contributed by atoms with E-state index in [9.17, 15) is 9.59 Å². The van der Waals surface area contributed by atoms with Gasteiger partial charge in [0.15, 0.2) is 5.69 Å². The maximum atomic E-state index is 12.8. The predicted octanol–water partition coefficient (Wildman–Crippen LogP) is 2.57. The molecule has 3 rings (SSSR count). The highest BCUT2D eigenvalue weighted by atomic mass is 16.2. The van der Waals surface area contributed by atoms with Crippen molar-refractivity contribution in [3.63, 3.8) is 0 Å². The second-order valence-electron chi connectivity index (χ2n) is 6.13. The van der Waals surface area contributed by atoms with Crippen molar-refractivity contribution in [2.45, 2.75) is 0 Å². The number of rotatable bonds is 6. The summed E-state index contributed by atoms with van der Waals surface area (Å²) in [4.78, 5) is 31.3. The number of carbonyl (C=O) groups excluding carboxylic acids is 2. The molecule has 0 spiro atoms. The summed E-state index contributed by atoms with van der Waals surface area (Å²) in [7, 11) is 3.90. The Balaban J connectivity index is 1.90. The maximum absolute atomic E-state index is 12.8. The Morgan fingerprint density at radius 2 is 1.89 bits per heavy atom. The van der Waals surface area contributed by atoms with Crippen LogP contribution in [0.1, 0.15) is 21.1 Å². The Morgan fingerprint density at radius 3 is 2.56 bits per heavy atom. The van der Waals surface area contributed by atoms with Crippen molar-refractivity contribution in [2.75, 3.05) is 30.9 Å². The van der Waals surface area contributed by atoms with Gasteiger partial charge in [-0.15, -0.1) is 6.58 Å². The van der Waals surface area contributed by atoms with Crippen LogP contribution in [-0.2, 0) is 0 Å². The van der Waals surface area contributed by atoms with Crippen LogP contribution in [0.4, 0.5) is 11.4 Å². The topological polar surface area (TPSA) is 78.7 Å². The molecule has 3 aromatic rings. The minimum atomic E-state index is -0.376. The van der Waals surface area contributed by atoms with Crippen LogP contribution in [0.15, 0.2) is 61.3 Å². The number of hydrogen-bond donors (Lipinski definition) is 2. The number of nitrogens with one attached hydrogen (secondary N) is 2. The molecule has 1 aromatic carbocycles. The fourth-order valence-electron chi connectivity index (χ4n) is 2.64. The van der Waals surface area contributed by atoms with E-state index in [-0.39, 0.29) is 23.3 Å². The highest BCUT2D eigenvalue weighted by molar-refractivity contribution is 6.09. The summed E-state index contributed by atoms with van der Waals surface area (Å²) >= 11 is 0. The normalized spacial score (nSPS) is 10.4. The molecule has 0 fully saturated rings. The molecule has 7 nitrogen and oxygen atoms in total. The first-order chi connectivity index (χ1) is 13.0. The van der Waals surface area contributed by atoms with E-state index in [0.29, 0.717) is 17.7 Å². The Kier molecular flexibility index (Phi) is 5.21. The third kappa shape index (κ3) is 3.82. The first-order valence-electron chi connectivity index (χ1n) is 8.46. The molecule has 0 bridgehead atoms. The van der Waals surface area contributed by atoms with Gasteiger partial charge in [0.05, 0.1) is 5.52 Å². The highest BCUT2D eigenvalue weighted by Gasteiger charge is 2.21. The zero-order chi connectivity index (χ0) is 19.4. The van der Waals surface area contributed by atoms with Gasteiger partial charge in [-0.05, 0) is 36.4 Å². The summed E-state index contributed by atoms with van der Waals surface area (Å²) in [6.45, 7) is 3.90. The lowest BCUT2D eigenvalue weighted by atomic mass is 10.2. The summed E-state index contributed by atoms with van der Waals surface area (Å²) in [5.41, 5.74) is 2.43. The Hall–Kier alpha value is -3.61. The van der Waals surface area contributed by atoms with Crippen LogP contribution >= 0.6 is 0 Å². The van der Waals surface area contributed by atoms with Crippen molar-refractivity contribution in [1.82, 2.24) is 14.7 Å². The maximum Gasteiger partial charge on any atom is 0.287 e. The zero-order valence-electron chi connectivity index (χ0n) is 15.3. The van der Waals surface area contributed by atoms with Gasteiger partial charge in [-0.1, -0.05) is 12.1 Å². The molecule has 0 aliphatic carbocycles. The summed E-state index contributed by atoms with van der Waals surface area (Å²) in [6, 6.07) is 12.8. The fourth-order valence-corrected chi connectivity index (χ4v) is 2.64. The van der Waals surface area contributed by atoms with Crippen molar-refractivity contribution in [3.8, 4) is 0 Å². The summed E-state index contributed by atoms with van der Waals surface area (Å²) in [5.74, 6) is -0.592. The molecule has 0 aliphatic heterocycles. The highest BCUT2D eigenvalue weighted by Crippen LogP contribution is 2.18. The van der Waals surface area contributed by atoms with Gasteiger partial charge in [0, 0.05) is 38.2 Å². The lowest BCUT2D eigenvalue weighted by molar-refractivity contribution is 0.0947. The second kappa shape index (κ2) is 7.74. The van der Waals surface area contributed by atoms with Crippen LogP contribution in [0, 0.1) is 0 Å². The van der Waals surface area contributed by atoms with Crippen LogP contribution in [0.3, 0.4) is 0 Å². The molecule has 2 aromatic heterocycles. The van der Waals surface area contributed by atoms with Gasteiger partial charge in [-0.25, -0.2) is 4.98 Å². The molecule has 2 N–H and O–H groups in total. The number of imidazole rings is 1. The Bertz CT molecular complexity index is 989. The molecule has 0 saturated carbocycles. The number of nitrogens with zero attached hydrogens (tertiary/aromatic N) is 3. The monoisotopic (exact) mass is 363 g/mol. The van der Waals surface area contributed by atoms with Crippen molar-refractivity contribution in [1.29, 1.82) is 0 Å². The first-order valence-corrected chi connectivity index (χ1v) is 8.46. The third-order valence-corrected chi connectivity index (χ3v) is 4.02. The van der Waals surface area contributed by atoms with Crippen molar-refractivity contribution < 1.29 is 9.59 Å². The van der Waals surface area contributed by atoms with Gasteiger partial charge < -0.3 is 15.5 Å². The average Bonchev–Trinajstić information content (AvgIpc) is 3.06. The Labute approximate surface area is 157 Å². The van der Waals surface area contributed by atoms with E-state index in [0.717, 1.165) is 5.69 Å². The minimum absolute atomic E-state index is 0.153. The van der Waals surface area contributed by atoms with Gasteiger partial charge in [0.2, 0.25) is 5.82 Å². The van der Waals surface area contributed by atoms with E-state index in [2.05, 4.69) is 22.2 Å². The summed E-state index contributed by atoms with van der Waals surface area (Å²) in [5, 5.41) is 5.51. The van der Waals surface area contributed by atoms with Gasteiger partial charge in [0.25, 0.3) is 11.8 Å². The van der Waals surface area contributed by atoms with E-state index in [1.165, 1.54) is 0 Å². The van der Waals surface area contributed by atoms with E-state index < -0.39 is 0 Å². The lowest BCUT2D eigenvalue weighted by Gasteiger charge is -2.12. The summed E-state index contributed by atoms with van der Waals surface area (Å²) in [6.07, 6.45) is 3.28. The third-order valence-electron chi connectivity index (χ3n) is 4.02. The number of benzene rings is 1. The van der Waals surface area contributed by atoms with Crippen molar-refractivity contribution in [2.24, 2.45) is 0 Å². The van der Waals surface area contributed by atoms with Crippen molar-refractivity contribution >= 4 is 28.7 Å². The number of amides is 2. The SMILES string of the molecule is C=CCNC(=O)c1nc(C(=O)Nc2ccc(N(C)C)cc2)c2ccccn12. The average molecular weight is 363 g/mol. The fraction of sp³-hybridized carbons (Fsp3) is 0.150. The van der Waals surface area contributed by atoms with Crippen LogP contribution < -0.4 is 15.5 Å². The molecule has 27 heavy (non-hydrogen) atoms. The number of anilines is 2. The molecular weight excluding hydrogens is 342 g/mol. The molecule has 7 heteroatoms. The molecule has 0 radical (unpaired) electrons. The number of pyridine rings is 1. The van der Waals surface area contributed by atoms with E-state index >= 15 is 0 Å². The first kappa shape index (κ1) is 18.2. The lowest BCUT2D eigenvalue weighted by Crippen LogP contribution is -2.25. The molecule has 138 valence electrons. The molecule has 2 amide bonds. The van der Waals surface area contributed by atoms with Crippen LogP contribution in [0.2, 0.25) is 0 Å². The quantitative estimate of drug-likeness (QED) is 0.660. The number of carbonyl (C=O) groups is 2. The largest absolute Gasteiger partial charge is 0.378 e. The smallest absolute Gasteiger partial charge is 0.287 e. The molecular formula is C20H21N5O2. The molecule has 2 heterocycles. The molecule has 0 unspecified atom stereocenters. The van der Waals surface area contributed by atoms with E-state index in [1.807, 2.05) is 43.3 Å². The number of fused-ring (bicyclic) bond motifs is 1.